The van der Waals surface area contributed by atoms with Gasteiger partial charge in [-0.25, -0.2) is 0 Å². The van der Waals surface area contributed by atoms with Gasteiger partial charge in [-0.15, -0.1) is 11.3 Å². The van der Waals surface area contributed by atoms with Crippen molar-refractivity contribution in [2.45, 2.75) is 33.6 Å². The van der Waals surface area contributed by atoms with Crippen molar-refractivity contribution in [3.63, 3.8) is 0 Å². The van der Waals surface area contributed by atoms with Crippen LogP contribution in [0.25, 0.3) is 10.7 Å². The van der Waals surface area contributed by atoms with E-state index in [9.17, 15) is 4.79 Å². The normalized spacial score (nSPS) is 16.4. The highest BCUT2D eigenvalue weighted by Crippen LogP contribution is 2.22. The highest BCUT2D eigenvalue weighted by Gasteiger charge is 2.29. The lowest BCUT2D eigenvalue weighted by atomic mass is 9.94. The molecule has 0 aliphatic carbocycles. The molecule has 25 heavy (non-hydrogen) atoms. The first-order valence-corrected chi connectivity index (χ1v) is 9.69. The number of nitrogens with zero attached hydrogens (tertiary/aromatic N) is 4. The van der Waals surface area contributed by atoms with Crippen molar-refractivity contribution in [3.05, 3.63) is 23.4 Å². The quantitative estimate of drug-likeness (QED) is 0.818. The van der Waals surface area contributed by atoms with Gasteiger partial charge in [0.25, 0.3) is 0 Å². The largest absolute Gasteiger partial charge is 0.340 e. The fourth-order valence-corrected chi connectivity index (χ4v) is 3.61. The monoisotopic (exact) mass is 362 g/mol. The molecule has 2 aromatic rings. The summed E-state index contributed by atoms with van der Waals surface area (Å²) < 4.78 is 5.34. The first-order valence-electron chi connectivity index (χ1n) is 8.82. The second-order valence-corrected chi connectivity index (χ2v) is 8.42. The molecule has 1 aliphatic heterocycles. The molecule has 1 amide bonds. The van der Waals surface area contributed by atoms with Crippen molar-refractivity contribution in [2.75, 3.05) is 32.7 Å². The van der Waals surface area contributed by atoms with Crippen LogP contribution in [0.2, 0.25) is 0 Å². The molecule has 0 spiro atoms. The van der Waals surface area contributed by atoms with Crippen molar-refractivity contribution in [1.82, 2.24) is 19.9 Å². The maximum absolute atomic E-state index is 12.3. The van der Waals surface area contributed by atoms with E-state index in [1.54, 1.807) is 11.3 Å². The van der Waals surface area contributed by atoms with Gasteiger partial charge in [0.15, 0.2) is 0 Å². The Kier molecular flexibility index (Phi) is 5.54. The van der Waals surface area contributed by atoms with Gasteiger partial charge >= 0.3 is 0 Å². The average Bonchev–Trinajstić information content (AvgIpc) is 3.25. The zero-order valence-electron chi connectivity index (χ0n) is 15.2. The predicted molar refractivity (Wildman–Crippen MR) is 98.4 cm³/mol. The lowest BCUT2D eigenvalue weighted by Crippen LogP contribution is -2.51. The van der Waals surface area contributed by atoms with E-state index in [4.69, 9.17) is 4.52 Å². The molecule has 2 aromatic heterocycles. The molecule has 0 aromatic carbocycles. The number of piperazine rings is 1. The van der Waals surface area contributed by atoms with E-state index in [1.807, 2.05) is 43.2 Å². The summed E-state index contributed by atoms with van der Waals surface area (Å²) >= 11 is 1.61. The number of amides is 1. The minimum absolute atomic E-state index is 0.249. The Hall–Kier alpha value is -1.73. The summed E-state index contributed by atoms with van der Waals surface area (Å²) in [6.45, 7) is 10.5. The fraction of sp³-hybridized carbons (Fsp3) is 0.611. The van der Waals surface area contributed by atoms with Crippen LogP contribution in [-0.2, 0) is 11.2 Å². The summed E-state index contributed by atoms with van der Waals surface area (Å²) in [7, 11) is 0. The molecule has 0 unspecified atom stereocenters. The summed E-state index contributed by atoms with van der Waals surface area (Å²) in [4.78, 5) is 22.2. The molecule has 136 valence electrons. The maximum Gasteiger partial charge on any atom is 0.228 e. The standard InChI is InChI=1S/C18H26N4O2S/c1-18(2,3)17(23)22-11-9-21(10-12-22)8-4-7-15-19-16(20-24-15)14-6-5-13-25-14/h5-6,13H,4,7-12H2,1-3H3. The van der Waals surface area contributed by atoms with Gasteiger partial charge in [0.1, 0.15) is 0 Å². The smallest absolute Gasteiger partial charge is 0.228 e. The van der Waals surface area contributed by atoms with Crippen molar-refractivity contribution < 1.29 is 9.32 Å². The van der Waals surface area contributed by atoms with Gasteiger partial charge in [0.05, 0.1) is 4.88 Å². The molecule has 0 radical (unpaired) electrons. The number of hydrogen-bond donors (Lipinski definition) is 0. The molecule has 3 rings (SSSR count). The van der Waals surface area contributed by atoms with Crippen molar-refractivity contribution in [2.24, 2.45) is 5.41 Å². The predicted octanol–water partition coefficient (Wildman–Crippen LogP) is 2.92. The molecular weight excluding hydrogens is 336 g/mol. The van der Waals surface area contributed by atoms with Gasteiger partial charge in [-0.2, -0.15) is 4.98 Å². The Morgan fingerprint density at radius 3 is 2.68 bits per heavy atom. The van der Waals surface area contributed by atoms with Gasteiger partial charge in [0.2, 0.25) is 17.6 Å². The molecule has 0 bridgehead atoms. The van der Waals surface area contributed by atoms with Crippen molar-refractivity contribution in [3.8, 4) is 10.7 Å². The van der Waals surface area contributed by atoms with Crippen LogP contribution in [0.1, 0.15) is 33.1 Å². The molecule has 1 fully saturated rings. The number of aromatic nitrogens is 2. The first-order chi connectivity index (χ1) is 11.9. The molecule has 0 saturated carbocycles. The van der Waals surface area contributed by atoms with E-state index in [0.717, 1.165) is 50.4 Å². The molecule has 0 atom stereocenters. The van der Waals surface area contributed by atoms with Crippen LogP contribution in [0, 0.1) is 5.41 Å². The van der Waals surface area contributed by atoms with Crippen LogP contribution in [-0.4, -0.2) is 58.6 Å². The third-order valence-corrected chi connectivity index (χ3v) is 5.24. The third-order valence-electron chi connectivity index (χ3n) is 4.38. The topological polar surface area (TPSA) is 62.5 Å². The second kappa shape index (κ2) is 7.66. The number of carbonyl (C=O) groups is 1. The summed E-state index contributed by atoms with van der Waals surface area (Å²) in [5.41, 5.74) is -0.291. The van der Waals surface area contributed by atoms with E-state index in [0.29, 0.717) is 11.7 Å². The number of hydrogen-bond acceptors (Lipinski definition) is 6. The van der Waals surface area contributed by atoms with Crippen LogP contribution in [0.3, 0.4) is 0 Å². The lowest BCUT2D eigenvalue weighted by Gasteiger charge is -2.37. The summed E-state index contributed by atoms with van der Waals surface area (Å²) in [5.74, 6) is 1.63. The zero-order chi connectivity index (χ0) is 17.9. The van der Waals surface area contributed by atoms with E-state index in [-0.39, 0.29) is 11.3 Å². The Labute approximate surface area is 152 Å². The van der Waals surface area contributed by atoms with Gasteiger partial charge in [0, 0.05) is 38.0 Å². The molecule has 6 nitrogen and oxygen atoms in total. The molecule has 1 aliphatic rings. The Balaban J connectivity index is 1.40. The van der Waals surface area contributed by atoms with Crippen LogP contribution in [0.4, 0.5) is 0 Å². The molecule has 7 heteroatoms. The SMILES string of the molecule is CC(C)(C)C(=O)N1CCN(CCCc2nc(-c3cccs3)no2)CC1. The Morgan fingerprint density at radius 2 is 2.04 bits per heavy atom. The average molecular weight is 362 g/mol. The van der Waals surface area contributed by atoms with Crippen LogP contribution < -0.4 is 0 Å². The van der Waals surface area contributed by atoms with E-state index in [1.165, 1.54) is 0 Å². The van der Waals surface area contributed by atoms with Crippen molar-refractivity contribution in [1.29, 1.82) is 0 Å². The minimum atomic E-state index is -0.291. The maximum atomic E-state index is 12.3. The minimum Gasteiger partial charge on any atom is -0.340 e. The molecule has 1 saturated heterocycles. The lowest BCUT2D eigenvalue weighted by molar-refractivity contribution is -0.141. The van der Waals surface area contributed by atoms with Crippen molar-refractivity contribution >= 4 is 17.2 Å². The Morgan fingerprint density at radius 1 is 1.28 bits per heavy atom. The van der Waals surface area contributed by atoms with E-state index < -0.39 is 0 Å². The van der Waals surface area contributed by atoms with Crippen LogP contribution in [0.5, 0.6) is 0 Å². The number of rotatable bonds is 5. The van der Waals surface area contributed by atoms with Crippen LogP contribution >= 0.6 is 11.3 Å². The van der Waals surface area contributed by atoms with Gasteiger partial charge in [-0.1, -0.05) is 32.0 Å². The number of aryl methyl sites for hydroxylation is 1. The van der Waals surface area contributed by atoms with Gasteiger partial charge in [-0.3, -0.25) is 9.69 Å². The first kappa shape index (κ1) is 18.1. The highest BCUT2D eigenvalue weighted by atomic mass is 32.1. The molecule has 3 heterocycles. The molecule has 0 N–H and O–H groups in total. The summed E-state index contributed by atoms with van der Waals surface area (Å²) in [5, 5.41) is 6.05. The van der Waals surface area contributed by atoms with E-state index >= 15 is 0 Å². The summed E-state index contributed by atoms with van der Waals surface area (Å²) in [6, 6.07) is 3.98. The number of carbonyl (C=O) groups excluding carboxylic acids is 1. The highest BCUT2D eigenvalue weighted by molar-refractivity contribution is 7.13. The number of thiophene rings is 1. The van der Waals surface area contributed by atoms with E-state index in [2.05, 4.69) is 15.0 Å². The molecular formula is C18H26N4O2S. The van der Waals surface area contributed by atoms with Crippen LogP contribution in [0.15, 0.2) is 22.0 Å². The Bertz CT molecular complexity index is 682. The summed E-state index contributed by atoms with van der Waals surface area (Å²) in [6.07, 6.45) is 1.78. The third kappa shape index (κ3) is 4.67. The second-order valence-electron chi connectivity index (χ2n) is 7.48. The van der Waals surface area contributed by atoms with Gasteiger partial charge in [-0.05, 0) is 24.4 Å². The fourth-order valence-electron chi connectivity index (χ4n) is 2.97. The zero-order valence-corrected chi connectivity index (χ0v) is 16.0. The van der Waals surface area contributed by atoms with Gasteiger partial charge < -0.3 is 9.42 Å².